The molecular formula is C68H120N2Ni. The summed E-state index contributed by atoms with van der Waals surface area (Å²) in [5, 5.41) is 0. The maximum Gasteiger partial charge on any atom is 0.0633 e. The van der Waals surface area contributed by atoms with Gasteiger partial charge in [-0.25, -0.2) is 0 Å². The van der Waals surface area contributed by atoms with Crippen molar-refractivity contribution >= 4 is 22.8 Å². The van der Waals surface area contributed by atoms with E-state index in [0.717, 1.165) is 37.1 Å². The van der Waals surface area contributed by atoms with Gasteiger partial charge in [0, 0.05) is 16.5 Å². The quantitative estimate of drug-likeness (QED) is 0.0358. The molecule has 0 radical (unpaired) electrons. The van der Waals surface area contributed by atoms with E-state index in [2.05, 4.69) is 76.2 Å². The predicted molar refractivity (Wildman–Crippen MR) is 319 cm³/mol. The van der Waals surface area contributed by atoms with Crippen molar-refractivity contribution in [3.8, 4) is 0 Å². The normalized spacial score (nSPS) is 12.0. The molecule has 2 nitrogen and oxygen atoms in total. The van der Waals surface area contributed by atoms with Crippen molar-refractivity contribution in [2.24, 2.45) is 9.98 Å². The summed E-state index contributed by atoms with van der Waals surface area (Å²) in [6.07, 6.45) is 69.4. The molecule has 0 bridgehead atoms. The van der Waals surface area contributed by atoms with Gasteiger partial charge in [0.2, 0.25) is 0 Å². The molecule has 0 aliphatic carbocycles. The summed E-state index contributed by atoms with van der Waals surface area (Å²) in [4.78, 5) is 10.6. The summed E-state index contributed by atoms with van der Waals surface area (Å²) in [5.74, 6) is 0. The summed E-state index contributed by atoms with van der Waals surface area (Å²) >= 11 is 0. The van der Waals surface area contributed by atoms with Gasteiger partial charge >= 0.3 is 0 Å². The fourth-order valence-electron chi connectivity index (χ4n) is 10.5. The number of nitrogens with zero attached hydrogens (tertiary/aromatic N) is 2. The molecule has 2 aromatic rings. The number of benzene rings is 2. The molecule has 0 heterocycles. The van der Waals surface area contributed by atoms with Crippen LogP contribution in [0.3, 0.4) is 0 Å². The molecule has 0 N–H and O–H groups in total. The van der Waals surface area contributed by atoms with Gasteiger partial charge < -0.3 is 0 Å². The van der Waals surface area contributed by atoms with Crippen molar-refractivity contribution in [1.29, 1.82) is 0 Å². The molecule has 412 valence electrons. The SMILES string of the molecule is CCCCCCCCCCCCCCCCCCCCCCCc1ccc(N=C(CCCC)C(CCCC)=Nc2ccc(CCCCCCCCCCCCCCCCCCCCCCC)cc2)cc1.[Ni]. The second kappa shape index (κ2) is 53.1. The molecule has 0 saturated carbocycles. The molecule has 0 aliphatic rings. The van der Waals surface area contributed by atoms with Crippen molar-refractivity contribution in [2.45, 2.75) is 349 Å². The minimum Gasteiger partial charge on any atom is -0.252 e. The Morgan fingerprint density at radius 2 is 0.423 bits per heavy atom. The number of aryl methyl sites for hydroxylation is 2. The average Bonchev–Trinajstić information content (AvgIpc) is 3.38. The molecule has 0 unspecified atom stereocenters. The van der Waals surface area contributed by atoms with E-state index in [1.54, 1.807) is 0 Å². The predicted octanol–water partition coefficient (Wildman–Crippen LogP) is 24.4. The third-order valence-corrected chi connectivity index (χ3v) is 15.4. The van der Waals surface area contributed by atoms with E-state index in [0.29, 0.717) is 0 Å². The molecule has 0 aromatic heterocycles. The van der Waals surface area contributed by atoms with E-state index in [9.17, 15) is 0 Å². The maximum absolute atomic E-state index is 5.30. The number of rotatable bonds is 53. The third kappa shape index (κ3) is 42.2. The van der Waals surface area contributed by atoms with Crippen LogP contribution in [-0.4, -0.2) is 11.4 Å². The standard InChI is InChI=1S/C68H120N2.Ni/c1-5-9-13-15-17-19-21-23-25-27-29-31-33-35-37-39-41-43-45-47-49-51-63-55-59-65(60-56-63)69-67(53-11-7-3)68(54-12-8-4)70-66-61-57-64(58-62-66)52-50-48-46-44-42-40-38-36-34-32-30-28-26-24-22-20-18-16-14-10-6-2;/h55-62H,5-54H2,1-4H3;. The minimum absolute atomic E-state index is 0. The van der Waals surface area contributed by atoms with Crippen LogP contribution in [0.1, 0.15) is 347 Å². The second-order valence-electron chi connectivity index (χ2n) is 22.3. The van der Waals surface area contributed by atoms with Gasteiger partial charge in [0.05, 0.1) is 22.8 Å². The third-order valence-electron chi connectivity index (χ3n) is 15.4. The van der Waals surface area contributed by atoms with Crippen LogP contribution in [0.25, 0.3) is 0 Å². The molecule has 0 fully saturated rings. The van der Waals surface area contributed by atoms with E-state index < -0.39 is 0 Å². The molecule has 0 atom stereocenters. The fourth-order valence-corrected chi connectivity index (χ4v) is 10.5. The van der Waals surface area contributed by atoms with Crippen LogP contribution in [0, 0.1) is 0 Å². The van der Waals surface area contributed by atoms with Crippen LogP contribution in [0.2, 0.25) is 0 Å². The zero-order valence-corrected chi connectivity index (χ0v) is 49.2. The molecular weight excluding hydrogens is 903 g/mol. The van der Waals surface area contributed by atoms with Gasteiger partial charge in [-0.15, -0.1) is 0 Å². The van der Waals surface area contributed by atoms with Crippen LogP contribution in [0.5, 0.6) is 0 Å². The van der Waals surface area contributed by atoms with Crippen molar-refractivity contribution < 1.29 is 16.5 Å². The topological polar surface area (TPSA) is 24.7 Å². The van der Waals surface area contributed by atoms with Crippen LogP contribution >= 0.6 is 0 Å². The Hall–Kier alpha value is -1.73. The molecule has 3 heteroatoms. The van der Waals surface area contributed by atoms with Gasteiger partial charge in [0.25, 0.3) is 0 Å². The second-order valence-corrected chi connectivity index (χ2v) is 22.3. The summed E-state index contributed by atoms with van der Waals surface area (Å²) in [6.45, 7) is 9.20. The molecule has 0 saturated heterocycles. The van der Waals surface area contributed by atoms with Gasteiger partial charge in [-0.2, -0.15) is 0 Å². The van der Waals surface area contributed by atoms with Crippen molar-refractivity contribution in [2.75, 3.05) is 0 Å². The van der Waals surface area contributed by atoms with Crippen LogP contribution in [-0.2, 0) is 29.3 Å². The van der Waals surface area contributed by atoms with Gasteiger partial charge in [-0.3, -0.25) is 9.98 Å². The number of hydrogen-bond donors (Lipinski definition) is 0. The Balaban J connectivity index is 0.0000252. The Morgan fingerprint density at radius 1 is 0.239 bits per heavy atom. The Labute approximate surface area is 455 Å². The van der Waals surface area contributed by atoms with Crippen molar-refractivity contribution in [1.82, 2.24) is 0 Å². The Bertz CT molecular complexity index is 1320. The van der Waals surface area contributed by atoms with Gasteiger partial charge in [0.1, 0.15) is 0 Å². The number of aliphatic imine (C=N–C) groups is 2. The summed E-state index contributed by atoms with van der Waals surface area (Å²) in [6, 6.07) is 18.3. The first-order chi connectivity index (χ1) is 34.7. The number of hydrogen-bond acceptors (Lipinski definition) is 2. The Morgan fingerprint density at radius 3 is 0.620 bits per heavy atom. The van der Waals surface area contributed by atoms with Gasteiger partial charge in [-0.05, 0) is 86.8 Å². The first-order valence-electron chi connectivity index (χ1n) is 32.0. The van der Waals surface area contributed by atoms with Gasteiger partial charge in [0.15, 0.2) is 0 Å². The largest absolute Gasteiger partial charge is 0.252 e. The van der Waals surface area contributed by atoms with Crippen molar-refractivity contribution in [3.63, 3.8) is 0 Å². The minimum atomic E-state index is 0. The molecule has 0 amide bonds. The van der Waals surface area contributed by atoms with Crippen LogP contribution in [0.15, 0.2) is 58.5 Å². The molecule has 2 rings (SSSR count). The van der Waals surface area contributed by atoms with Crippen LogP contribution < -0.4 is 0 Å². The molecule has 0 aliphatic heterocycles. The zero-order chi connectivity index (χ0) is 49.9. The van der Waals surface area contributed by atoms with E-state index in [1.807, 2.05) is 0 Å². The Kier molecular flexibility index (Phi) is 50.3. The van der Waals surface area contributed by atoms with E-state index >= 15 is 0 Å². The van der Waals surface area contributed by atoms with Gasteiger partial charge in [-0.1, -0.05) is 322 Å². The molecule has 71 heavy (non-hydrogen) atoms. The fraction of sp³-hybridized carbons (Fsp3) is 0.794. The summed E-state index contributed by atoms with van der Waals surface area (Å²) < 4.78 is 0. The first kappa shape index (κ1) is 67.3. The van der Waals surface area contributed by atoms with Crippen LogP contribution in [0.4, 0.5) is 11.4 Å². The zero-order valence-electron chi connectivity index (χ0n) is 48.2. The van der Waals surface area contributed by atoms with E-state index in [4.69, 9.17) is 9.98 Å². The first-order valence-corrected chi connectivity index (χ1v) is 32.0. The summed E-state index contributed by atoms with van der Waals surface area (Å²) in [7, 11) is 0. The monoisotopic (exact) mass is 1020 g/mol. The van der Waals surface area contributed by atoms with Crippen molar-refractivity contribution in [3.05, 3.63) is 59.7 Å². The average molecular weight is 1020 g/mol. The number of unbranched alkanes of at least 4 members (excludes halogenated alkanes) is 42. The summed E-state index contributed by atoms with van der Waals surface area (Å²) in [5.41, 5.74) is 7.46. The molecule has 2 aromatic carbocycles. The van der Waals surface area contributed by atoms with E-state index in [1.165, 1.54) is 318 Å². The smallest absolute Gasteiger partial charge is 0.0633 e. The van der Waals surface area contributed by atoms with E-state index in [-0.39, 0.29) is 16.5 Å². The maximum atomic E-state index is 5.30. The molecule has 0 spiro atoms.